The van der Waals surface area contributed by atoms with Crippen molar-refractivity contribution in [2.45, 2.75) is 19.3 Å². The van der Waals surface area contributed by atoms with E-state index in [1.807, 2.05) is 12.1 Å². The first-order valence-electron chi connectivity index (χ1n) is 6.25. The number of benzene rings is 1. The summed E-state index contributed by atoms with van der Waals surface area (Å²) in [7, 11) is 0. The molecule has 1 amide bonds. The molecule has 19 heavy (non-hydrogen) atoms. The van der Waals surface area contributed by atoms with Gasteiger partial charge in [-0.25, -0.2) is 0 Å². The van der Waals surface area contributed by atoms with Crippen molar-refractivity contribution in [1.29, 1.82) is 5.26 Å². The minimum atomic E-state index is -0.0894. The molecule has 100 valence electrons. The van der Waals surface area contributed by atoms with Crippen molar-refractivity contribution in [3.05, 3.63) is 42.5 Å². The third kappa shape index (κ3) is 6.39. The molecule has 4 heteroatoms. The average Bonchev–Trinajstić information content (AvgIpc) is 2.43. The number of carbonyl (C=O) groups is 1. The zero-order valence-electron chi connectivity index (χ0n) is 10.9. The van der Waals surface area contributed by atoms with Gasteiger partial charge >= 0.3 is 0 Å². The van der Waals surface area contributed by atoms with Gasteiger partial charge in [-0.1, -0.05) is 6.08 Å². The Balaban J connectivity index is 2.20. The number of amides is 1. The molecule has 0 spiro atoms. The molecule has 0 unspecified atom stereocenters. The van der Waals surface area contributed by atoms with Crippen molar-refractivity contribution in [3.8, 4) is 6.07 Å². The summed E-state index contributed by atoms with van der Waals surface area (Å²) in [5.74, 6) is -0.0894. The van der Waals surface area contributed by atoms with Crippen molar-refractivity contribution in [2.75, 3.05) is 18.5 Å². The van der Waals surface area contributed by atoms with Crippen LogP contribution >= 0.6 is 0 Å². The maximum atomic E-state index is 11.6. The van der Waals surface area contributed by atoms with E-state index in [0.29, 0.717) is 30.9 Å². The summed E-state index contributed by atoms with van der Waals surface area (Å²) in [5.41, 5.74) is 1.26. The standard InChI is InChI=1S/C15H18N2O2/c1-2-3-4-10-19-11-9-15(18)17-14-7-5-13(12-16)6-8-14/h2,5-8H,1,3-4,9-11H2,(H,17,18). The van der Waals surface area contributed by atoms with Gasteiger partial charge in [0.1, 0.15) is 0 Å². The fourth-order valence-electron chi connectivity index (χ4n) is 1.45. The van der Waals surface area contributed by atoms with Crippen LogP contribution in [0.1, 0.15) is 24.8 Å². The van der Waals surface area contributed by atoms with Gasteiger partial charge < -0.3 is 10.1 Å². The van der Waals surface area contributed by atoms with Crippen molar-refractivity contribution < 1.29 is 9.53 Å². The van der Waals surface area contributed by atoms with E-state index in [0.717, 1.165) is 12.8 Å². The summed E-state index contributed by atoms with van der Waals surface area (Å²) < 4.78 is 5.33. The molecular weight excluding hydrogens is 240 g/mol. The molecule has 1 rings (SSSR count). The van der Waals surface area contributed by atoms with E-state index in [4.69, 9.17) is 10.00 Å². The molecule has 0 saturated heterocycles. The Morgan fingerprint density at radius 1 is 1.37 bits per heavy atom. The molecule has 0 saturated carbocycles. The SMILES string of the molecule is C=CCCCOCCC(=O)Nc1ccc(C#N)cc1. The molecule has 0 aliphatic heterocycles. The van der Waals surface area contributed by atoms with Crippen LogP contribution in [0.4, 0.5) is 5.69 Å². The number of hydrogen-bond donors (Lipinski definition) is 1. The monoisotopic (exact) mass is 258 g/mol. The summed E-state index contributed by atoms with van der Waals surface area (Å²) in [6.45, 7) is 4.69. The number of ether oxygens (including phenoxy) is 1. The van der Waals surface area contributed by atoms with Crippen molar-refractivity contribution in [3.63, 3.8) is 0 Å². The Morgan fingerprint density at radius 2 is 2.11 bits per heavy atom. The van der Waals surface area contributed by atoms with E-state index in [2.05, 4.69) is 11.9 Å². The normalized spacial score (nSPS) is 9.63. The quantitative estimate of drug-likeness (QED) is 0.576. The second-order valence-electron chi connectivity index (χ2n) is 4.03. The van der Waals surface area contributed by atoms with Gasteiger partial charge in [-0.3, -0.25) is 4.79 Å². The van der Waals surface area contributed by atoms with Crippen LogP contribution < -0.4 is 5.32 Å². The Labute approximate surface area is 113 Å². The van der Waals surface area contributed by atoms with Crippen molar-refractivity contribution in [1.82, 2.24) is 0 Å². The fraction of sp³-hybridized carbons (Fsp3) is 0.333. The van der Waals surface area contributed by atoms with Gasteiger partial charge in [0.15, 0.2) is 0 Å². The average molecular weight is 258 g/mol. The molecular formula is C15H18N2O2. The smallest absolute Gasteiger partial charge is 0.226 e. The van der Waals surface area contributed by atoms with Crippen molar-refractivity contribution >= 4 is 11.6 Å². The topological polar surface area (TPSA) is 62.1 Å². The fourth-order valence-corrected chi connectivity index (χ4v) is 1.45. The molecule has 0 aliphatic rings. The van der Waals surface area contributed by atoms with E-state index >= 15 is 0 Å². The van der Waals surface area contributed by atoms with E-state index in [1.165, 1.54) is 0 Å². The van der Waals surface area contributed by atoms with E-state index in [-0.39, 0.29) is 5.91 Å². The third-order valence-electron chi connectivity index (χ3n) is 2.47. The van der Waals surface area contributed by atoms with Crippen LogP contribution in [0.2, 0.25) is 0 Å². The first-order valence-corrected chi connectivity index (χ1v) is 6.25. The number of hydrogen-bond acceptors (Lipinski definition) is 3. The first kappa shape index (κ1) is 14.9. The van der Waals surface area contributed by atoms with Gasteiger partial charge in [-0.2, -0.15) is 5.26 Å². The molecule has 4 nitrogen and oxygen atoms in total. The number of unbranched alkanes of at least 4 members (excludes halogenated alkanes) is 1. The Hall–Kier alpha value is -2.12. The molecule has 0 radical (unpaired) electrons. The number of nitrogens with one attached hydrogen (secondary N) is 1. The highest BCUT2D eigenvalue weighted by atomic mass is 16.5. The van der Waals surface area contributed by atoms with Crippen LogP contribution in [0.15, 0.2) is 36.9 Å². The summed E-state index contributed by atoms with van der Waals surface area (Å²) in [5, 5.41) is 11.4. The minimum absolute atomic E-state index is 0.0894. The Bertz CT molecular complexity index is 446. The number of rotatable bonds is 8. The molecule has 0 aliphatic carbocycles. The van der Waals surface area contributed by atoms with E-state index < -0.39 is 0 Å². The lowest BCUT2D eigenvalue weighted by Crippen LogP contribution is -2.14. The van der Waals surface area contributed by atoms with Crippen molar-refractivity contribution in [2.24, 2.45) is 0 Å². The zero-order valence-corrected chi connectivity index (χ0v) is 10.9. The number of nitriles is 1. The van der Waals surface area contributed by atoms with Gasteiger partial charge in [0, 0.05) is 12.3 Å². The molecule has 1 N–H and O–H groups in total. The second kappa shape index (κ2) is 8.90. The Morgan fingerprint density at radius 3 is 2.74 bits per heavy atom. The summed E-state index contributed by atoms with van der Waals surface area (Å²) in [4.78, 5) is 11.6. The predicted octanol–water partition coefficient (Wildman–Crippen LogP) is 2.87. The third-order valence-corrected chi connectivity index (χ3v) is 2.47. The summed E-state index contributed by atoms with van der Waals surface area (Å²) in [6.07, 6.45) is 4.03. The Kier molecular flexibility index (Phi) is 7.00. The van der Waals surface area contributed by atoms with Gasteiger partial charge in [0.25, 0.3) is 0 Å². The number of nitrogens with zero attached hydrogens (tertiary/aromatic N) is 1. The van der Waals surface area contributed by atoms with Crippen LogP contribution in [0.5, 0.6) is 0 Å². The maximum absolute atomic E-state index is 11.6. The molecule has 0 heterocycles. The lowest BCUT2D eigenvalue weighted by atomic mass is 10.2. The predicted molar refractivity (Wildman–Crippen MR) is 74.7 cm³/mol. The first-order chi connectivity index (χ1) is 9.26. The molecule has 0 fully saturated rings. The van der Waals surface area contributed by atoms with Crippen LogP contribution in [0.25, 0.3) is 0 Å². The molecule has 0 aromatic heterocycles. The second-order valence-corrected chi connectivity index (χ2v) is 4.03. The van der Waals surface area contributed by atoms with Gasteiger partial charge in [-0.15, -0.1) is 6.58 Å². The summed E-state index contributed by atoms with van der Waals surface area (Å²) >= 11 is 0. The van der Waals surface area contributed by atoms with E-state index in [9.17, 15) is 4.79 Å². The number of carbonyl (C=O) groups excluding carboxylic acids is 1. The lowest BCUT2D eigenvalue weighted by molar-refractivity contribution is -0.117. The highest BCUT2D eigenvalue weighted by Gasteiger charge is 2.02. The van der Waals surface area contributed by atoms with Crippen LogP contribution in [0, 0.1) is 11.3 Å². The molecule has 1 aromatic rings. The van der Waals surface area contributed by atoms with Crippen LogP contribution in [-0.2, 0) is 9.53 Å². The molecule has 1 aromatic carbocycles. The number of allylic oxidation sites excluding steroid dienone is 1. The largest absolute Gasteiger partial charge is 0.381 e. The van der Waals surface area contributed by atoms with Gasteiger partial charge in [0.2, 0.25) is 5.91 Å². The zero-order chi connectivity index (χ0) is 13.9. The number of anilines is 1. The molecule has 0 atom stereocenters. The summed E-state index contributed by atoms with van der Waals surface area (Å²) in [6, 6.07) is 8.78. The van der Waals surface area contributed by atoms with Crippen LogP contribution in [-0.4, -0.2) is 19.1 Å². The maximum Gasteiger partial charge on any atom is 0.226 e. The van der Waals surface area contributed by atoms with Gasteiger partial charge in [0.05, 0.1) is 24.7 Å². The lowest BCUT2D eigenvalue weighted by Gasteiger charge is -2.06. The highest BCUT2D eigenvalue weighted by Crippen LogP contribution is 2.09. The van der Waals surface area contributed by atoms with E-state index in [1.54, 1.807) is 24.3 Å². The highest BCUT2D eigenvalue weighted by molar-refractivity contribution is 5.90. The molecule has 0 bridgehead atoms. The minimum Gasteiger partial charge on any atom is -0.381 e. The van der Waals surface area contributed by atoms with Crippen LogP contribution in [0.3, 0.4) is 0 Å². The van der Waals surface area contributed by atoms with Gasteiger partial charge in [-0.05, 0) is 37.1 Å².